The van der Waals surface area contributed by atoms with Gasteiger partial charge < -0.3 is 5.73 Å². The number of rotatable bonds is 4. The Labute approximate surface area is 94.2 Å². The summed E-state index contributed by atoms with van der Waals surface area (Å²) in [4.78, 5) is 2.65. The minimum Gasteiger partial charge on any atom is -0.329 e. The Morgan fingerprint density at radius 3 is 2.47 bits per heavy atom. The highest BCUT2D eigenvalue weighted by atomic mass is 15.2. The van der Waals surface area contributed by atoms with Crippen LogP contribution >= 0.6 is 0 Å². The maximum absolute atomic E-state index is 5.84. The van der Waals surface area contributed by atoms with Gasteiger partial charge in [-0.05, 0) is 38.3 Å². The highest BCUT2D eigenvalue weighted by Gasteiger charge is 2.22. The molecule has 88 valence electrons. The van der Waals surface area contributed by atoms with Crippen LogP contribution in [0.3, 0.4) is 0 Å². The van der Waals surface area contributed by atoms with Crippen molar-refractivity contribution < 1.29 is 0 Å². The molecule has 2 nitrogen and oxygen atoms in total. The largest absolute Gasteiger partial charge is 0.329 e. The Morgan fingerprint density at radius 2 is 1.73 bits per heavy atom. The fourth-order valence-corrected chi connectivity index (χ4v) is 3.27. The number of likely N-dealkylation sites (tertiary alicyclic amines) is 1. The second kappa shape index (κ2) is 5.86. The van der Waals surface area contributed by atoms with E-state index >= 15 is 0 Å². The van der Waals surface area contributed by atoms with Crippen LogP contribution in [0.15, 0.2) is 0 Å². The third-order valence-electron chi connectivity index (χ3n) is 4.32. The number of piperidine rings is 1. The van der Waals surface area contributed by atoms with E-state index in [1.165, 1.54) is 64.5 Å². The van der Waals surface area contributed by atoms with Crippen LogP contribution in [0.5, 0.6) is 0 Å². The predicted molar refractivity (Wildman–Crippen MR) is 64.8 cm³/mol. The summed E-state index contributed by atoms with van der Waals surface area (Å²) in [5.41, 5.74) is 5.84. The van der Waals surface area contributed by atoms with Gasteiger partial charge in [-0.25, -0.2) is 0 Å². The second-order valence-electron chi connectivity index (χ2n) is 5.36. The maximum Gasteiger partial charge on any atom is 0.0218 e. The minimum absolute atomic E-state index is 0.695. The van der Waals surface area contributed by atoms with Crippen LogP contribution in [-0.4, -0.2) is 30.6 Å². The molecule has 15 heavy (non-hydrogen) atoms. The quantitative estimate of drug-likeness (QED) is 0.772. The Balaban J connectivity index is 1.71. The van der Waals surface area contributed by atoms with E-state index in [-0.39, 0.29) is 0 Å². The first-order chi connectivity index (χ1) is 7.40. The van der Waals surface area contributed by atoms with Crippen molar-refractivity contribution in [3.05, 3.63) is 0 Å². The lowest BCUT2D eigenvalue weighted by Crippen LogP contribution is -2.44. The van der Waals surface area contributed by atoms with Gasteiger partial charge in [-0.1, -0.05) is 32.1 Å². The maximum atomic E-state index is 5.84. The molecule has 0 spiro atoms. The molecule has 2 fully saturated rings. The van der Waals surface area contributed by atoms with E-state index in [0.717, 1.165) is 12.5 Å². The molecule has 1 aliphatic heterocycles. The van der Waals surface area contributed by atoms with Crippen molar-refractivity contribution in [2.75, 3.05) is 19.6 Å². The van der Waals surface area contributed by atoms with E-state index < -0.39 is 0 Å². The zero-order chi connectivity index (χ0) is 10.5. The summed E-state index contributed by atoms with van der Waals surface area (Å²) >= 11 is 0. The molecule has 0 aromatic rings. The zero-order valence-electron chi connectivity index (χ0n) is 9.96. The SMILES string of the molecule is NCC1CCCCN1CCC1CCCC1. The van der Waals surface area contributed by atoms with Gasteiger partial charge in [0, 0.05) is 12.6 Å². The lowest BCUT2D eigenvalue weighted by molar-refractivity contribution is 0.143. The summed E-state index contributed by atoms with van der Waals surface area (Å²) in [5, 5.41) is 0. The Kier molecular flexibility index (Phi) is 4.45. The van der Waals surface area contributed by atoms with Crippen molar-refractivity contribution in [1.29, 1.82) is 0 Å². The van der Waals surface area contributed by atoms with Crippen LogP contribution in [0.1, 0.15) is 51.4 Å². The second-order valence-corrected chi connectivity index (χ2v) is 5.36. The average Bonchev–Trinajstić information content (AvgIpc) is 2.79. The predicted octanol–water partition coefficient (Wildman–Crippen LogP) is 2.38. The summed E-state index contributed by atoms with van der Waals surface area (Å²) in [6, 6.07) is 0.695. The van der Waals surface area contributed by atoms with E-state index in [2.05, 4.69) is 4.90 Å². The molecule has 0 aromatic carbocycles. The summed E-state index contributed by atoms with van der Waals surface area (Å²) in [6.45, 7) is 3.48. The van der Waals surface area contributed by atoms with Gasteiger partial charge in [0.1, 0.15) is 0 Å². The Bertz CT molecular complexity index is 175. The number of hydrogen-bond acceptors (Lipinski definition) is 2. The summed E-state index contributed by atoms with van der Waals surface area (Å²) < 4.78 is 0. The van der Waals surface area contributed by atoms with Crippen molar-refractivity contribution in [2.45, 2.75) is 57.4 Å². The van der Waals surface area contributed by atoms with Crippen molar-refractivity contribution in [1.82, 2.24) is 4.90 Å². The fourth-order valence-electron chi connectivity index (χ4n) is 3.27. The molecule has 1 saturated carbocycles. The van der Waals surface area contributed by atoms with Crippen LogP contribution in [0.2, 0.25) is 0 Å². The topological polar surface area (TPSA) is 29.3 Å². The van der Waals surface area contributed by atoms with Crippen molar-refractivity contribution in [3.63, 3.8) is 0 Å². The van der Waals surface area contributed by atoms with E-state index in [1.807, 2.05) is 0 Å². The third-order valence-corrected chi connectivity index (χ3v) is 4.32. The zero-order valence-corrected chi connectivity index (χ0v) is 9.96. The molecule has 1 aliphatic carbocycles. The number of nitrogens with two attached hydrogens (primary N) is 1. The first-order valence-electron chi connectivity index (χ1n) is 6.84. The van der Waals surface area contributed by atoms with Gasteiger partial charge in [0.25, 0.3) is 0 Å². The van der Waals surface area contributed by atoms with E-state index in [4.69, 9.17) is 5.73 Å². The van der Waals surface area contributed by atoms with Crippen LogP contribution < -0.4 is 5.73 Å². The lowest BCUT2D eigenvalue weighted by atomic mass is 9.99. The van der Waals surface area contributed by atoms with Gasteiger partial charge >= 0.3 is 0 Å². The van der Waals surface area contributed by atoms with E-state index in [1.54, 1.807) is 0 Å². The molecule has 1 saturated heterocycles. The van der Waals surface area contributed by atoms with Crippen LogP contribution in [0, 0.1) is 5.92 Å². The number of hydrogen-bond donors (Lipinski definition) is 1. The lowest BCUT2D eigenvalue weighted by Gasteiger charge is -2.35. The highest BCUT2D eigenvalue weighted by molar-refractivity contribution is 4.79. The van der Waals surface area contributed by atoms with Gasteiger partial charge in [-0.2, -0.15) is 0 Å². The molecule has 0 amide bonds. The monoisotopic (exact) mass is 210 g/mol. The molecule has 2 N–H and O–H groups in total. The first kappa shape index (κ1) is 11.4. The van der Waals surface area contributed by atoms with Crippen LogP contribution in [-0.2, 0) is 0 Å². The minimum atomic E-state index is 0.695. The van der Waals surface area contributed by atoms with E-state index in [9.17, 15) is 0 Å². The van der Waals surface area contributed by atoms with Crippen molar-refractivity contribution in [3.8, 4) is 0 Å². The summed E-state index contributed by atoms with van der Waals surface area (Å²) in [5.74, 6) is 1.03. The molecule has 1 heterocycles. The van der Waals surface area contributed by atoms with Crippen LogP contribution in [0.25, 0.3) is 0 Å². The molecule has 2 heteroatoms. The van der Waals surface area contributed by atoms with Gasteiger partial charge in [0.2, 0.25) is 0 Å². The normalized spacial score (nSPS) is 29.8. The molecule has 1 atom stereocenters. The number of nitrogens with zero attached hydrogens (tertiary/aromatic N) is 1. The molecule has 0 bridgehead atoms. The molecule has 2 aliphatic rings. The standard InChI is InChI=1S/C13H26N2/c14-11-13-7-3-4-9-15(13)10-8-12-5-1-2-6-12/h12-13H,1-11,14H2. The van der Waals surface area contributed by atoms with Crippen molar-refractivity contribution in [2.24, 2.45) is 11.7 Å². The highest BCUT2D eigenvalue weighted by Crippen LogP contribution is 2.28. The van der Waals surface area contributed by atoms with Gasteiger partial charge in [-0.15, -0.1) is 0 Å². The Morgan fingerprint density at radius 1 is 1.00 bits per heavy atom. The first-order valence-corrected chi connectivity index (χ1v) is 6.84. The Hall–Kier alpha value is -0.0800. The molecule has 2 rings (SSSR count). The molecule has 0 radical (unpaired) electrons. The molecule has 0 aromatic heterocycles. The van der Waals surface area contributed by atoms with Gasteiger partial charge in [0.15, 0.2) is 0 Å². The molecule has 1 unspecified atom stereocenters. The summed E-state index contributed by atoms with van der Waals surface area (Å²) in [6.07, 6.45) is 11.5. The van der Waals surface area contributed by atoms with Crippen molar-refractivity contribution >= 4 is 0 Å². The van der Waals surface area contributed by atoms with Crippen LogP contribution in [0.4, 0.5) is 0 Å². The fraction of sp³-hybridized carbons (Fsp3) is 1.00. The van der Waals surface area contributed by atoms with Gasteiger partial charge in [-0.3, -0.25) is 4.90 Å². The smallest absolute Gasteiger partial charge is 0.0218 e. The van der Waals surface area contributed by atoms with Gasteiger partial charge in [0.05, 0.1) is 0 Å². The third kappa shape index (κ3) is 3.18. The van der Waals surface area contributed by atoms with E-state index in [0.29, 0.717) is 6.04 Å². The molecular weight excluding hydrogens is 184 g/mol. The molecular formula is C13H26N2. The average molecular weight is 210 g/mol. The summed E-state index contributed by atoms with van der Waals surface area (Å²) in [7, 11) is 0.